The molecular formula is C14H12INO2. The smallest absolute Gasteiger partial charge is 0.231 e. The highest BCUT2D eigenvalue weighted by molar-refractivity contribution is 14.1. The van der Waals surface area contributed by atoms with Crippen LogP contribution < -0.4 is 14.8 Å². The van der Waals surface area contributed by atoms with Crippen molar-refractivity contribution in [1.29, 1.82) is 0 Å². The van der Waals surface area contributed by atoms with Crippen LogP contribution in [0.4, 0.5) is 5.69 Å². The monoisotopic (exact) mass is 353 g/mol. The first kappa shape index (κ1) is 11.6. The Morgan fingerprint density at radius 2 is 1.89 bits per heavy atom. The van der Waals surface area contributed by atoms with Crippen LogP contribution in [-0.4, -0.2) is 6.79 Å². The summed E-state index contributed by atoms with van der Waals surface area (Å²) < 4.78 is 11.9. The number of para-hydroxylation sites is 1. The van der Waals surface area contributed by atoms with Crippen LogP contribution >= 0.6 is 22.6 Å². The van der Waals surface area contributed by atoms with Crippen LogP contribution in [0.1, 0.15) is 5.56 Å². The quantitative estimate of drug-likeness (QED) is 0.855. The van der Waals surface area contributed by atoms with E-state index in [2.05, 4.69) is 46.1 Å². The van der Waals surface area contributed by atoms with Crippen LogP contribution in [0.5, 0.6) is 11.5 Å². The molecule has 3 rings (SSSR count). The maximum Gasteiger partial charge on any atom is 0.231 e. The van der Waals surface area contributed by atoms with Crippen LogP contribution in [0.15, 0.2) is 42.5 Å². The molecule has 0 saturated heterocycles. The van der Waals surface area contributed by atoms with Gasteiger partial charge in [0.25, 0.3) is 0 Å². The van der Waals surface area contributed by atoms with Crippen LogP contribution in [0.3, 0.4) is 0 Å². The molecule has 1 aliphatic rings. The topological polar surface area (TPSA) is 30.5 Å². The van der Waals surface area contributed by atoms with Crippen LogP contribution in [0.2, 0.25) is 0 Å². The molecule has 0 saturated carbocycles. The third-order valence-corrected chi connectivity index (χ3v) is 3.73. The molecule has 0 spiro atoms. The second-order valence-electron chi connectivity index (χ2n) is 4.02. The van der Waals surface area contributed by atoms with Crippen molar-refractivity contribution in [1.82, 2.24) is 0 Å². The molecule has 0 fully saturated rings. The van der Waals surface area contributed by atoms with Crippen LogP contribution in [0.25, 0.3) is 0 Å². The summed E-state index contributed by atoms with van der Waals surface area (Å²) in [6.45, 7) is 1.10. The highest BCUT2D eigenvalue weighted by Gasteiger charge is 2.12. The molecule has 0 radical (unpaired) electrons. The highest BCUT2D eigenvalue weighted by atomic mass is 127. The Balaban J connectivity index is 1.72. The number of nitrogens with one attached hydrogen (secondary N) is 1. The summed E-state index contributed by atoms with van der Waals surface area (Å²) in [6, 6.07) is 14.3. The van der Waals surface area contributed by atoms with Crippen molar-refractivity contribution >= 4 is 28.3 Å². The molecule has 92 valence electrons. The van der Waals surface area contributed by atoms with Gasteiger partial charge in [0.1, 0.15) is 0 Å². The molecule has 1 heterocycles. The second-order valence-corrected chi connectivity index (χ2v) is 5.18. The van der Waals surface area contributed by atoms with E-state index in [0.29, 0.717) is 6.79 Å². The summed E-state index contributed by atoms with van der Waals surface area (Å²) in [5.74, 6) is 1.66. The van der Waals surface area contributed by atoms with Crippen molar-refractivity contribution in [2.24, 2.45) is 0 Å². The predicted octanol–water partition coefficient (Wildman–Crippen LogP) is 3.63. The van der Waals surface area contributed by atoms with Gasteiger partial charge in [-0.05, 0) is 52.4 Å². The molecule has 4 heteroatoms. The van der Waals surface area contributed by atoms with E-state index in [9.17, 15) is 0 Å². The van der Waals surface area contributed by atoms with Gasteiger partial charge in [-0.25, -0.2) is 0 Å². The van der Waals surface area contributed by atoms with E-state index in [4.69, 9.17) is 9.47 Å². The van der Waals surface area contributed by atoms with Crippen molar-refractivity contribution in [2.45, 2.75) is 6.54 Å². The van der Waals surface area contributed by atoms with Crippen molar-refractivity contribution in [2.75, 3.05) is 12.1 Å². The average molecular weight is 353 g/mol. The van der Waals surface area contributed by atoms with Crippen molar-refractivity contribution < 1.29 is 9.47 Å². The normalized spacial score (nSPS) is 12.5. The van der Waals surface area contributed by atoms with Gasteiger partial charge in [0.2, 0.25) is 6.79 Å². The molecule has 2 aromatic rings. The lowest BCUT2D eigenvalue weighted by molar-refractivity contribution is 0.174. The Morgan fingerprint density at radius 3 is 2.78 bits per heavy atom. The van der Waals surface area contributed by atoms with Crippen molar-refractivity contribution in [3.8, 4) is 11.5 Å². The molecule has 0 aliphatic carbocycles. The molecule has 1 aliphatic heterocycles. The van der Waals surface area contributed by atoms with E-state index in [0.717, 1.165) is 23.7 Å². The van der Waals surface area contributed by atoms with Gasteiger partial charge >= 0.3 is 0 Å². The zero-order valence-electron chi connectivity index (χ0n) is 9.65. The number of rotatable bonds is 3. The molecule has 0 aromatic heterocycles. The van der Waals surface area contributed by atoms with Gasteiger partial charge in [-0.15, -0.1) is 0 Å². The molecular weight excluding hydrogens is 341 g/mol. The summed E-state index contributed by atoms with van der Waals surface area (Å²) in [5, 5.41) is 3.42. The maximum atomic E-state index is 5.36. The minimum Gasteiger partial charge on any atom is -0.454 e. The second kappa shape index (κ2) is 5.06. The number of fused-ring (bicyclic) bond motifs is 1. The molecule has 0 amide bonds. The molecule has 2 aromatic carbocycles. The zero-order chi connectivity index (χ0) is 12.4. The average Bonchev–Trinajstić information content (AvgIpc) is 2.85. The highest BCUT2D eigenvalue weighted by Crippen LogP contribution is 2.32. The minimum absolute atomic E-state index is 0.322. The number of anilines is 1. The standard InChI is InChI=1S/C14H12INO2/c15-11-3-1-2-4-12(11)16-8-10-5-6-13-14(7-10)18-9-17-13/h1-7,16H,8-9H2. The Hall–Kier alpha value is -1.43. The lowest BCUT2D eigenvalue weighted by atomic mass is 10.2. The Kier molecular flexibility index (Phi) is 3.27. The zero-order valence-corrected chi connectivity index (χ0v) is 11.8. The van der Waals surface area contributed by atoms with Gasteiger partial charge in [-0.3, -0.25) is 0 Å². The van der Waals surface area contributed by atoms with Gasteiger partial charge < -0.3 is 14.8 Å². The number of halogens is 1. The molecule has 0 atom stereocenters. The SMILES string of the molecule is Ic1ccccc1NCc1ccc2c(c1)OCO2. The van der Waals surface area contributed by atoms with E-state index in [1.165, 1.54) is 9.13 Å². The fourth-order valence-electron chi connectivity index (χ4n) is 1.85. The third-order valence-electron chi connectivity index (χ3n) is 2.79. The van der Waals surface area contributed by atoms with Crippen molar-refractivity contribution in [3.63, 3.8) is 0 Å². The fraction of sp³-hybridized carbons (Fsp3) is 0.143. The molecule has 1 N–H and O–H groups in total. The Labute approximate surface area is 119 Å². The molecule has 0 bridgehead atoms. The van der Waals surface area contributed by atoms with Crippen LogP contribution in [0, 0.1) is 3.57 Å². The number of hydrogen-bond acceptors (Lipinski definition) is 3. The van der Waals surface area contributed by atoms with Gasteiger partial charge in [0.05, 0.1) is 0 Å². The lowest BCUT2D eigenvalue weighted by Gasteiger charge is -2.08. The summed E-state index contributed by atoms with van der Waals surface area (Å²) in [4.78, 5) is 0. The number of ether oxygens (including phenoxy) is 2. The maximum absolute atomic E-state index is 5.36. The van der Waals surface area contributed by atoms with E-state index in [-0.39, 0.29) is 0 Å². The number of hydrogen-bond donors (Lipinski definition) is 1. The lowest BCUT2D eigenvalue weighted by Crippen LogP contribution is -2.00. The Bertz CT molecular complexity index is 571. The molecule has 0 unspecified atom stereocenters. The fourth-order valence-corrected chi connectivity index (χ4v) is 2.43. The number of benzene rings is 2. The van der Waals surface area contributed by atoms with Gasteiger partial charge in [0, 0.05) is 15.8 Å². The largest absolute Gasteiger partial charge is 0.454 e. The summed E-state index contributed by atoms with van der Waals surface area (Å²) in [5.41, 5.74) is 2.33. The minimum atomic E-state index is 0.322. The van der Waals surface area contributed by atoms with E-state index < -0.39 is 0 Å². The van der Waals surface area contributed by atoms with E-state index in [1.807, 2.05) is 24.3 Å². The summed E-state index contributed by atoms with van der Waals surface area (Å²) in [6.07, 6.45) is 0. The van der Waals surface area contributed by atoms with Gasteiger partial charge in [-0.2, -0.15) is 0 Å². The van der Waals surface area contributed by atoms with Gasteiger partial charge in [-0.1, -0.05) is 18.2 Å². The van der Waals surface area contributed by atoms with Gasteiger partial charge in [0.15, 0.2) is 11.5 Å². The predicted molar refractivity (Wildman–Crippen MR) is 79.1 cm³/mol. The first-order valence-electron chi connectivity index (χ1n) is 5.70. The third kappa shape index (κ3) is 2.38. The molecule has 3 nitrogen and oxygen atoms in total. The summed E-state index contributed by atoms with van der Waals surface area (Å²) >= 11 is 2.33. The first-order chi connectivity index (χ1) is 8.83. The first-order valence-corrected chi connectivity index (χ1v) is 6.78. The van der Waals surface area contributed by atoms with Crippen LogP contribution in [-0.2, 0) is 6.54 Å². The molecule has 18 heavy (non-hydrogen) atoms. The van der Waals surface area contributed by atoms with Crippen molar-refractivity contribution in [3.05, 3.63) is 51.6 Å². The summed E-state index contributed by atoms with van der Waals surface area (Å²) in [7, 11) is 0. The van der Waals surface area contributed by atoms with E-state index in [1.54, 1.807) is 0 Å². The Morgan fingerprint density at radius 1 is 1.06 bits per heavy atom. The van der Waals surface area contributed by atoms with E-state index >= 15 is 0 Å².